The highest BCUT2D eigenvalue weighted by molar-refractivity contribution is 7.18. The third-order valence-electron chi connectivity index (χ3n) is 6.38. The number of piperazine rings is 1. The number of fused-ring (bicyclic) bond motifs is 2. The predicted molar refractivity (Wildman–Crippen MR) is 129 cm³/mol. The number of amides is 2. The van der Waals surface area contributed by atoms with Gasteiger partial charge in [-0.05, 0) is 38.5 Å². The fourth-order valence-electron chi connectivity index (χ4n) is 4.32. The number of carbonyl (C=O) groups is 2. The molecule has 1 saturated heterocycles. The van der Waals surface area contributed by atoms with Crippen molar-refractivity contribution in [3.8, 4) is 11.5 Å². The Morgan fingerprint density at radius 1 is 1.09 bits per heavy atom. The van der Waals surface area contributed by atoms with E-state index in [1.165, 1.54) is 11.2 Å². The number of carbonyl (C=O) groups excluding carboxylic acids is 2. The summed E-state index contributed by atoms with van der Waals surface area (Å²) in [6.45, 7) is 7.98. The van der Waals surface area contributed by atoms with Gasteiger partial charge in [0.1, 0.15) is 29.6 Å². The van der Waals surface area contributed by atoms with Gasteiger partial charge in [-0.15, -0.1) is 11.3 Å². The molecule has 2 atom stereocenters. The van der Waals surface area contributed by atoms with Crippen molar-refractivity contribution in [1.29, 1.82) is 0 Å². The molecule has 0 radical (unpaired) electrons. The van der Waals surface area contributed by atoms with E-state index < -0.39 is 12.1 Å². The number of hydrogen-bond acceptors (Lipinski definition) is 8. The highest BCUT2D eigenvalue weighted by Gasteiger charge is 2.34. The molecule has 1 aromatic carbocycles. The molecule has 9 nitrogen and oxygen atoms in total. The zero-order chi connectivity index (χ0) is 23.8. The minimum Gasteiger partial charge on any atom is -0.485 e. The average molecular weight is 482 g/mol. The van der Waals surface area contributed by atoms with Crippen LogP contribution < -0.4 is 14.8 Å². The number of ether oxygens (including phenoxy) is 2. The predicted octanol–water partition coefficient (Wildman–Crippen LogP) is 2.62. The largest absolute Gasteiger partial charge is 0.485 e. The number of para-hydroxylation sites is 2. The van der Waals surface area contributed by atoms with Gasteiger partial charge in [0.2, 0.25) is 12.0 Å². The summed E-state index contributed by atoms with van der Waals surface area (Å²) in [5, 5.41) is 4.25. The number of rotatable bonds is 4. The molecule has 0 unspecified atom stereocenters. The first-order valence-corrected chi connectivity index (χ1v) is 12.2. The van der Waals surface area contributed by atoms with Gasteiger partial charge in [-0.25, -0.2) is 9.97 Å². The van der Waals surface area contributed by atoms with E-state index in [0.29, 0.717) is 43.5 Å². The molecule has 2 aromatic heterocycles. The number of hydrogen-bond donors (Lipinski definition) is 1. The number of anilines is 1. The summed E-state index contributed by atoms with van der Waals surface area (Å²) < 4.78 is 11.5. The smallest absolute Gasteiger partial charge is 0.267 e. The second-order valence-electron chi connectivity index (χ2n) is 8.57. The molecule has 178 valence electrons. The Hall–Kier alpha value is -3.40. The van der Waals surface area contributed by atoms with E-state index in [1.807, 2.05) is 32.0 Å². The van der Waals surface area contributed by atoms with E-state index in [4.69, 9.17) is 9.47 Å². The van der Waals surface area contributed by atoms with Crippen LogP contribution >= 0.6 is 11.3 Å². The molecule has 1 fully saturated rings. The number of benzene rings is 1. The molecule has 4 heterocycles. The number of thiophene rings is 1. The molecule has 0 saturated carbocycles. The Morgan fingerprint density at radius 3 is 2.56 bits per heavy atom. The van der Waals surface area contributed by atoms with Gasteiger partial charge in [0.25, 0.3) is 5.91 Å². The maximum atomic E-state index is 13.1. The summed E-state index contributed by atoms with van der Waals surface area (Å²) in [7, 11) is 0. The van der Waals surface area contributed by atoms with Crippen LogP contribution in [0.2, 0.25) is 0 Å². The van der Waals surface area contributed by atoms with Gasteiger partial charge in [-0.2, -0.15) is 0 Å². The van der Waals surface area contributed by atoms with E-state index in [0.717, 1.165) is 15.8 Å². The molecule has 0 spiro atoms. The van der Waals surface area contributed by atoms with Gasteiger partial charge < -0.3 is 24.6 Å². The van der Waals surface area contributed by atoms with E-state index in [2.05, 4.69) is 22.2 Å². The fourth-order valence-corrected chi connectivity index (χ4v) is 5.32. The van der Waals surface area contributed by atoms with Gasteiger partial charge in [-0.1, -0.05) is 12.1 Å². The first-order chi connectivity index (χ1) is 16.4. The van der Waals surface area contributed by atoms with Crippen LogP contribution in [0, 0.1) is 13.8 Å². The Bertz CT molecular complexity index is 1240. The van der Waals surface area contributed by atoms with E-state index >= 15 is 0 Å². The molecule has 0 bridgehead atoms. The van der Waals surface area contributed by atoms with E-state index in [-0.39, 0.29) is 18.4 Å². The lowest BCUT2D eigenvalue weighted by atomic mass is 10.2. The van der Waals surface area contributed by atoms with E-state index in [1.54, 1.807) is 27.2 Å². The monoisotopic (exact) mass is 481 g/mol. The molecule has 34 heavy (non-hydrogen) atoms. The van der Waals surface area contributed by atoms with Crippen molar-refractivity contribution < 1.29 is 19.1 Å². The quantitative estimate of drug-likeness (QED) is 0.612. The maximum Gasteiger partial charge on any atom is 0.267 e. The Kier molecular flexibility index (Phi) is 5.99. The first-order valence-electron chi connectivity index (χ1n) is 11.4. The van der Waals surface area contributed by atoms with Crippen LogP contribution in [0.4, 0.5) is 5.82 Å². The number of nitrogens with zero attached hydrogens (tertiary/aromatic N) is 4. The highest BCUT2D eigenvalue weighted by Crippen LogP contribution is 2.33. The minimum atomic E-state index is -0.671. The maximum absolute atomic E-state index is 13.1. The second kappa shape index (κ2) is 9.09. The van der Waals surface area contributed by atoms with Crippen molar-refractivity contribution in [3.63, 3.8) is 0 Å². The van der Waals surface area contributed by atoms with E-state index in [9.17, 15) is 9.59 Å². The molecule has 10 heteroatoms. The summed E-state index contributed by atoms with van der Waals surface area (Å²) in [5.74, 6) is 1.78. The van der Waals surface area contributed by atoms with Crippen LogP contribution in [-0.2, 0) is 9.59 Å². The summed E-state index contributed by atoms with van der Waals surface area (Å²) in [6.07, 6.45) is 0.854. The van der Waals surface area contributed by atoms with Gasteiger partial charge in [0, 0.05) is 31.1 Å². The fraction of sp³-hybridized carbons (Fsp3) is 0.417. The van der Waals surface area contributed by atoms with Gasteiger partial charge in [-0.3, -0.25) is 9.59 Å². The molecular formula is C24H27N5O4S. The Labute approximate surface area is 201 Å². The third kappa shape index (κ3) is 4.13. The van der Waals surface area contributed by atoms with Crippen LogP contribution in [0.15, 0.2) is 30.6 Å². The minimum absolute atomic E-state index is 0.0188. The van der Waals surface area contributed by atoms with Crippen molar-refractivity contribution in [2.45, 2.75) is 32.9 Å². The zero-order valence-corrected chi connectivity index (χ0v) is 20.2. The number of nitrogens with one attached hydrogen (secondary N) is 1. The lowest BCUT2D eigenvalue weighted by molar-refractivity contribution is -0.146. The van der Waals surface area contributed by atoms with Gasteiger partial charge in [0.15, 0.2) is 11.5 Å². The zero-order valence-electron chi connectivity index (χ0n) is 19.4. The van der Waals surface area contributed by atoms with Gasteiger partial charge >= 0.3 is 0 Å². The summed E-state index contributed by atoms with van der Waals surface area (Å²) in [4.78, 5) is 40.5. The lowest BCUT2D eigenvalue weighted by Crippen LogP contribution is -2.56. The Balaban J connectivity index is 1.18. The molecule has 2 aliphatic rings. The van der Waals surface area contributed by atoms with Crippen molar-refractivity contribution in [1.82, 2.24) is 19.8 Å². The van der Waals surface area contributed by atoms with Crippen LogP contribution in [0.25, 0.3) is 10.2 Å². The topological polar surface area (TPSA) is 96.9 Å². The van der Waals surface area contributed by atoms with Crippen molar-refractivity contribution in [2.24, 2.45) is 0 Å². The average Bonchev–Trinajstić information content (AvgIpc) is 3.17. The van der Waals surface area contributed by atoms with Crippen LogP contribution in [-0.4, -0.2) is 76.5 Å². The molecule has 0 aliphatic carbocycles. The molecule has 5 rings (SSSR count). The standard InChI is InChI=1S/C24H27N5O4S/c1-14-16(3)34-22-20(14)21(25-13-26-22)27-15(2)23(30)28-8-10-29(11-9-28)24(31)19-12-32-17-6-4-5-7-18(17)33-19/h4-7,13,15,19H,8-12H2,1-3H3,(H,25,26,27)/t15-,19+/m1/s1. The molecule has 2 aliphatic heterocycles. The Morgan fingerprint density at radius 2 is 1.79 bits per heavy atom. The van der Waals surface area contributed by atoms with Gasteiger partial charge in [0.05, 0.1) is 5.39 Å². The van der Waals surface area contributed by atoms with Crippen molar-refractivity contribution in [2.75, 3.05) is 38.1 Å². The first kappa shape index (κ1) is 22.4. The second-order valence-corrected chi connectivity index (χ2v) is 9.77. The number of aromatic nitrogens is 2. The van der Waals surface area contributed by atoms with Crippen molar-refractivity contribution in [3.05, 3.63) is 41.0 Å². The van der Waals surface area contributed by atoms with Crippen LogP contribution in [0.5, 0.6) is 11.5 Å². The van der Waals surface area contributed by atoms with Crippen molar-refractivity contribution >= 4 is 39.2 Å². The number of aryl methyl sites for hydroxylation is 2. The summed E-state index contributed by atoms with van der Waals surface area (Å²) in [6, 6.07) is 6.88. The summed E-state index contributed by atoms with van der Waals surface area (Å²) >= 11 is 1.62. The molecule has 3 aromatic rings. The van der Waals surface area contributed by atoms with Crippen LogP contribution in [0.1, 0.15) is 17.4 Å². The SMILES string of the molecule is Cc1sc2ncnc(N[C@H](C)C(=O)N3CCN(C(=O)[C@@H]4COc5ccccc5O4)CC3)c2c1C. The summed E-state index contributed by atoms with van der Waals surface area (Å²) in [5.41, 5.74) is 1.13. The molecule has 1 N–H and O–H groups in total. The third-order valence-corrected chi connectivity index (χ3v) is 7.49. The normalized spacial score (nSPS) is 18.6. The lowest BCUT2D eigenvalue weighted by Gasteiger charge is -2.38. The molecular weight excluding hydrogens is 454 g/mol. The molecule has 2 amide bonds. The highest BCUT2D eigenvalue weighted by atomic mass is 32.1. The van der Waals surface area contributed by atoms with Crippen LogP contribution in [0.3, 0.4) is 0 Å².